The number of rotatable bonds is 2. The highest BCUT2D eigenvalue weighted by molar-refractivity contribution is 6.30. The maximum Gasteiger partial charge on any atom is 0.145 e. The molecule has 0 amide bonds. The molecule has 0 heterocycles. The van der Waals surface area contributed by atoms with Crippen molar-refractivity contribution in [3.05, 3.63) is 29.0 Å². The van der Waals surface area contributed by atoms with E-state index in [0.29, 0.717) is 12.2 Å². The molecule has 0 radical (unpaired) electrons. The Hall–Kier alpha value is -0.800. The van der Waals surface area contributed by atoms with Gasteiger partial charge in [-0.1, -0.05) is 37.3 Å². The van der Waals surface area contributed by atoms with Gasteiger partial charge in [0.25, 0.3) is 0 Å². The van der Waals surface area contributed by atoms with Gasteiger partial charge >= 0.3 is 0 Å². The number of halogens is 2. The van der Waals surface area contributed by atoms with Crippen molar-refractivity contribution in [2.45, 2.75) is 57.2 Å². The Morgan fingerprint density at radius 1 is 1.20 bits per heavy atom. The summed E-state index contributed by atoms with van der Waals surface area (Å²) < 4.78 is 19.4. The van der Waals surface area contributed by atoms with Crippen LogP contribution in [0.15, 0.2) is 18.2 Å². The molecule has 2 fully saturated rings. The predicted octanol–water partition coefficient (Wildman–Crippen LogP) is 4.33. The van der Waals surface area contributed by atoms with E-state index in [2.05, 4.69) is 0 Å². The molecule has 0 aromatic heterocycles. The monoisotopic (exact) mass is 298 g/mol. The minimum atomic E-state index is -0.459. The number of hydrogen-bond acceptors (Lipinski definition) is 2. The molecule has 4 heteroatoms. The van der Waals surface area contributed by atoms with E-state index in [1.54, 1.807) is 6.07 Å². The molecule has 110 valence electrons. The van der Waals surface area contributed by atoms with Crippen LogP contribution in [0.1, 0.15) is 44.9 Å². The van der Waals surface area contributed by atoms with Crippen LogP contribution >= 0.6 is 11.6 Å². The maximum absolute atomic E-state index is 13.5. The lowest BCUT2D eigenvalue weighted by Gasteiger charge is -2.53. The molecule has 2 saturated carbocycles. The van der Waals surface area contributed by atoms with Crippen molar-refractivity contribution in [2.24, 2.45) is 5.41 Å². The first-order valence-corrected chi connectivity index (χ1v) is 7.79. The summed E-state index contributed by atoms with van der Waals surface area (Å²) in [6, 6.07) is 4.54. The van der Waals surface area contributed by atoms with E-state index in [1.807, 2.05) is 0 Å². The van der Waals surface area contributed by atoms with E-state index in [0.717, 1.165) is 25.7 Å². The summed E-state index contributed by atoms with van der Waals surface area (Å²) in [5.41, 5.74) is -0.118. The van der Waals surface area contributed by atoms with Crippen LogP contribution in [0.5, 0.6) is 5.75 Å². The Balaban J connectivity index is 1.75. The van der Waals surface area contributed by atoms with Gasteiger partial charge in [-0.15, -0.1) is 0 Å². The zero-order valence-electron chi connectivity index (χ0n) is 11.4. The molecule has 2 unspecified atom stereocenters. The van der Waals surface area contributed by atoms with Crippen LogP contribution in [0.2, 0.25) is 5.02 Å². The molecule has 1 spiro atoms. The smallest absolute Gasteiger partial charge is 0.145 e. The second kappa shape index (κ2) is 5.53. The number of aliphatic hydroxyl groups excluding tert-OH is 1. The van der Waals surface area contributed by atoms with E-state index in [-0.39, 0.29) is 22.6 Å². The summed E-state index contributed by atoms with van der Waals surface area (Å²) in [6.45, 7) is 0. The molecule has 1 aromatic carbocycles. The van der Waals surface area contributed by atoms with Gasteiger partial charge in [0.2, 0.25) is 0 Å². The highest BCUT2D eigenvalue weighted by Gasteiger charge is 2.55. The van der Waals surface area contributed by atoms with Gasteiger partial charge in [0.05, 0.1) is 11.1 Å². The van der Waals surface area contributed by atoms with Crippen molar-refractivity contribution in [2.75, 3.05) is 0 Å². The summed E-state index contributed by atoms with van der Waals surface area (Å²) in [5, 5.41) is 10.3. The lowest BCUT2D eigenvalue weighted by atomic mass is 9.59. The largest absolute Gasteiger partial charge is 0.490 e. The van der Waals surface area contributed by atoms with Gasteiger partial charge in [-0.3, -0.25) is 0 Å². The Bertz CT molecular complexity index is 483. The summed E-state index contributed by atoms with van der Waals surface area (Å²) in [6.07, 6.45) is 7.14. The third kappa shape index (κ3) is 2.42. The molecule has 20 heavy (non-hydrogen) atoms. The SMILES string of the molecule is OC1CC(Oc2ccc(Cl)c(F)c2)C12CCCCCC2. The highest BCUT2D eigenvalue weighted by Crippen LogP contribution is 2.52. The quantitative estimate of drug-likeness (QED) is 0.880. The molecular formula is C16H20ClFO2. The van der Waals surface area contributed by atoms with E-state index in [4.69, 9.17) is 16.3 Å². The standard InChI is InChI=1S/C16H20ClFO2/c17-12-6-5-11(9-13(12)18)20-15-10-14(19)16(15)7-3-1-2-4-8-16/h5-6,9,14-15,19H,1-4,7-8,10H2. The Morgan fingerprint density at radius 2 is 1.90 bits per heavy atom. The van der Waals surface area contributed by atoms with E-state index >= 15 is 0 Å². The predicted molar refractivity (Wildman–Crippen MR) is 76.6 cm³/mol. The molecule has 0 saturated heterocycles. The molecule has 2 aliphatic rings. The first kappa shape index (κ1) is 14.2. The fourth-order valence-corrected chi connectivity index (χ4v) is 3.77. The van der Waals surface area contributed by atoms with Gasteiger partial charge in [0.1, 0.15) is 17.7 Å². The van der Waals surface area contributed by atoms with Crippen LogP contribution in [0.25, 0.3) is 0 Å². The summed E-state index contributed by atoms with van der Waals surface area (Å²) in [5.74, 6) is 0.0476. The maximum atomic E-state index is 13.5. The highest BCUT2D eigenvalue weighted by atomic mass is 35.5. The Kier molecular flexibility index (Phi) is 3.91. The molecule has 0 bridgehead atoms. The molecule has 2 atom stereocenters. The number of ether oxygens (including phenoxy) is 1. The normalized spacial score (nSPS) is 28.8. The van der Waals surface area contributed by atoms with Crippen molar-refractivity contribution >= 4 is 11.6 Å². The second-order valence-corrected chi connectivity index (χ2v) is 6.49. The van der Waals surface area contributed by atoms with Gasteiger partial charge < -0.3 is 9.84 Å². The molecule has 1 aromatic rings. The average molecular weight is 299 g/mol. The Labute approximate surface area is 123 Å². The van der Waals surface area contributed by atoms with E-state index in [9.17, 15) is 9.50 Å². The van der Waals surface area contributed by atoms with Crippen LogP contribution in [-0.4, -0.2) is 17.3 Å². The van der Waals surface area contributed by atoms with Crippen molar-refractivity contribution < 1.29 is 14.2 Å². The van der Waals surface area contributed by atoms with Crippen molar-refractivity contribution in [3.8, 4) is 5.75 Å². The van der Waals surface area contributed by atoms with Crippen LogP contribution in [0.3, 0.4) is 0 Å². The fourth-order valence-electron chi connectivity index (χ4n) is 3.65. The van der Waals surface area contributed by atoms with Gasteiger partial charge in [-0.2, -0.15) is 0 Å². The van der Waals surface area contributed by atoms with Gasteiger partial charge in [-0.05, 0) is 25.0 Å². The lowest BCUT2D eigenvalue weighted by molar-refractivity contribution is -0.163. The Morgan fingerprint density at radius 3 is 2.50 bits per heavy atom. The average Bonchev–Trinajstić information content (AvgIpc) is 2.70. The van der Waals surface area contributed by atoms with Crippen LogP contribution in [0.4, 0.5) is 4.39 Å². The van der Waals surface area contributed by atoms with Crippen LogP contribution in [-0.2, 0) is 0 Å². The minimum absolute atomic E-state index is 0.00354. The lowest BCUT2D eigenvalue weighted by Crippen LogP contribution is -2.59. The first-order valence-electron chi connectivity index (χ1n) is 7.41. The van der Waals surface area contributed by atoms with Crippen LogP contribution < -0.4 is 4.74 Å². The van der Waals surface area contributed by atoms with Crippen molar-refractivity contribution in [3.63, 3.8) is 0 Å². The molecular weight excluding hydrogens is 279 g/mol. The molecule has 2 aliphatic carbocycles. The summed E-state index contributed by atoms with van der Waals surface area (Å²) in [4.78, 5) is 0. The zero-order chi connectivity index (χ0) is 14.2. The van der Waals surface area contributed by atoms with Crippen LogP contribution in [0, 0.1) is 11.2 Å². The minimum Gasteiger partial charge on any atom is -0.490 e. The second-order valence-electron chi connectivity index (χ2n) is 6.08. The number of aliphatic hydroxyl groups is 1. The zero-order valence-corrected chi connectivity index (χ0v) is 12.2. The van der Waals surface area contributed by atoms with Gasteiger partial charge in [-0.25, -0.2) is 4.39 Å². The molecule has 2 nitrogen and oxygen atoms in total. The van der Waals surface area contributed by atoms with Gasteiger partial charge in [0, 0.05) is 17.9 Å². The topological polar surface area (TPSA) is 29.5 Å². The van der Waals surface area contributed by atoms with Crippen molar-refractivity contribution in [1.29, 1.82) is 0 Å². The summed E-state index contributed by atoms with van der Waals surface area (Å²) >= 11 is 5.68. The number of benzene rings is 1. The van der Waals surface area contributed by atoms with E-state index < -0.39 is 5.82 Å². The van der Waals surface area contributed by atoms with Crippen molar-refractivity contribution in [1.82, 2.24) is 0 Å². The molecule has 1 N–H and O–H groups in total. The molecule has 3 rings (SSSR count). The van der Waals surface area contributed by atoms with Gasteiger partial charge in [0.15, 0.2) is 0 Å². The third-order valence-corrected chi connectivity index (χ3v) is 5.25. The molecule has 0 aliphatic heterocycles. The fraction of sp³-hybridized carbons (Fsp3) is 0.625. The first-order chi connectivity index (χ1) is 9.62. The third-order valence-electron chi connectivity index (χ3n) is 4.95. The van der Waals surface area contributed by atoms with E-state index in [1.165, 1.54) is 25.0 Å². The number of hydrogen-bond donors (Lipinski definition) is 1. The summed E-state index contributed by atoms with van der Waals surface area (Å²) in [7, 11) is 0.